The number of nitrogens with one attached hydrogen (secondary N) is 1. The summed E-state index contributed by atoms with van der Waals surface area (Å²) in [6, 6.07) is 5.52. The number of fused-ring (bicyclic) bond motifs is 1. The number of carbonyl (C=O) groups excluding carboxylic acids is 1. The van der Waals surface area contributed by atoms with Crippen molar-refractivity contribution in [3.8, 4) is 5.75 Å². The number of ether oxygens (including phenoxy) is 2. The van der Waals surface area contributed by atoms with Crippen molar-refractivity contribution in [3.63, 3.8) is 0 Å². The molecular weight excluding hydrogens is 270 g/mol. The number of hydrogen-bond donors (Lipinski definition) is 2. The highest BCUT2D eigenvalue weighted by Crippen LogP contribution is 2.35. The van der Waals surface area contributed by atoms with Gasteiger partial charge in [0.2, 0.25) is 0 Å². The molecule has 0 fully saturated rings. The van der Waals surface area contributed by atoms with E-state index < -0.39 is 11.7 Å². The van der Waals surface area contributed by atoms with E-state index in [4.69, 9.17) is 9.47 Å². The highest BCUT2D eigenvalue weighted by Gasteiger charge is 2.24. The fourth-order valence-corrected chi connectivity index (χ4v) is 2.43. The third-order valence-electron chi connectivity index (χ3n) is 3.26. The van der Waals surface area contributed by atoms with E-state index in [0.29, 0.717) is 19.6 Å². The summed E-state index contributed by atoms with van der Waals surface area (Å²) >= 11 is 0. The fraction of sp³-hybridized carbons (Fsp3) is 0.562. The van der Waals surface area contributed by atoms with Gasteiger partial charge in [-0.3, -0.25) is 0 Å². The lowest BCUT2D eigenvalue weighted by Gasteiger charge is -2.27. The second kappa shape index (κ2) is 6.35. The van der Waals surface area contributed by atoms with Crippen molar-refractivity contribution in [2.24, 2.45) is 0 Å². The number of amides is 1. The molecule has 5 heteroatoms. The number of benzene rings is 1. The van der Waals surface area contributed by atoms with Gasteiger partial charge in [0.25, 0.3) is 0 Å². The molecule has 1 amide bonds. The van der Waals surface area contributed by atoms with Gasteiger partial charge < -0.3 is 19.9 Å². The highest BCUT2D eigenvalue weighted by molar-refractivity contribution is 5.67. The molecule has 116 valence electrons. The second-order valence-electron chi connectivity index (χ2n) is 6.18. The van der Waals surface area contributed by atoms with Gasteiger partial charge in [-0.05, 0) is 45.2 Å². The summed E-state index contributed by atoms with van der Waals surface area (Å²) in [5.74, 6) is 0.259. The Morgan fingerprint density at radius 3 is 2.95 bits per heavy atom. The zero-order chi connectivity index (χ0) is 15.5. The van der Waals surface area contributed by atoms with Crippen LogP contribution in [0.5, 0.6) is 5.75 Å². The molecule has 0 saturated heterocycles. The zero-order valence-electron chi connectivity index (χ0n) is 12.8. The van der Waals surface area contributed by atoms with E-state index in [1.807, 2.05) is 32.9 Å². The van der Waals surface area contributed by atoms with Gasteiger partial charge in [-0.1, -0.05) is 12.1 Å². The minimum atomic E-state index is -0.504. The lowest BCUT2D eigenvalue weighted by molar-refractivity contribution is 0.0315. The molecule has 1 aromatic rings. The molecular formula is C16H23NO4. The standard InChI is InChI=1S/C16H23NO4/c1-16(2,3)21-15(19)17-9-7-13-14-11(8-10-20-13)5-4-6-12(14)18/h4-6,13,18H,7-10H2,1-3H3,(H,17,19). The minimum absolute atomic E-state index is 0.190. The van der Waals surface area contributed by atoms with Gasteiger partial charge in [0, 0.05) is 12.1 Å². The molecule has 0 aromatic heterocycles. The lowest BCUT2D eigenvalue weighted by Crippen LogP contribution is -2.33. The van der Waals surface area contributed by atoms with E-state index in [-0.39, 0.29) is 11.9 Å². The van der Waals surface area contributed by atoms with Crippen molar-refractivity contribution >= 4 is 6.09 Å². The van der Waals surface area contributed by atoms with Gasteiger partial charge in [0.1, 0.15) is 11.4 Å². The molecule has 0 saturated carbocycles. The third-order valence-corrected chi connectivity index (χ3v) is 3.26. The number of hydrogen-bond acceptors (Lipinski definition) is 4. The van der Waals surface area contributed by atoms with Crippen molar-refractivity contribution in [2.75, 3.05) is 13.2 Å². The van der Waals surface area contributed by atoms with E-state index >= 15 is 0 Å². The van der Waals surface area contributed by atoms with Gasteiger partial charge in [-0.25, -0.2) is 4.79 Å². The van der Waals surface area contributed by atoms with E-state index in [9.17, 15) is 9.90 Å². The first-order chi connectivity index (χ1) is 9.87. The van der Waals surface area contributed by atoms with Crippen LogP contribution in [0.3, 0.4) is 0 Å². The maximum Gasteiger partial charge on any atom is 0.407 e. The van der Waals surface area contributed by atoms with Crippen LogP contribution in [0.4, 0.5) is 4.79 Å². The van der Waals surface area contributed by atoms with Gasteiger partial charge in [0.15, 0.2) is 0 Å². The Morgan fingerprint density at radius 1 is 1.48 bits per heavy atom. The van der Waals surface area contributed by atoms with Crippen LogP contribution in [0, 0.1) is 0 Å². The monoisotopic (exact) mass is 293 g/mol. The minimum Gasteiger partial charge on any atom is -0.508 e. The molecule has 0 bridgehead atoms. The lowest BCUT2D eigenvalue weighted by atomic mass is 9.95. The molecule has 1 heterocycles. The van der Waals surface area contributed by atoms with Gasteiger partial charge in [-0.2, -0.15) is 0 Å². The maximum absolute atomic E-state index is 11.6. The molecule has 1 atom stereocenters. The quantitative estimate of drug-likeness (QED) is 0.899. The third kappa shape index (κ3) is 4.36. The van der Waals surface area contributed by atoms with Gasteiger partial charge in [0.05, 0.1) is 12.7 Å². The van der Waals surface area contributed by atoms with Crippen LogP contribution in [-0.2, 0) is 15.9 Å². The average Bonchev–Trinajstić information content (AvgIpc) is 2.37. The van der Waals surface area contributed by atoms with Crippen LogP contribution >= 0.6 is 0 Å². The first kappa shape index (κ1) is 15.6. The Labute approximate surface area is 125 Å². The molecule has 0 radical (unpaired) electrons. The highest BCUT2D eigenvalue weighted by atomic mass is 16.6. The zero-order valence-corrected chi connectivity index (χ0v) is 12.8. The predicted molar refractivity (Wildman–Crippen MR) is 79.4 cm³/mol. The van der Waals surface area contributed by atoms with Crippen molar-refractivity contribution < 1.29 is 19.4 Å². The number of alkyl carbamates (subject to hydrolysis) is 1. The Bertz CT molecular complexity index is 507. The number of carbonyl (C=O) groups is 1. The van der Waals surface area contributed by atoms with E-state index in [1.54, 1.807) is 6.07 Å². The Balaban J connectivity index is 1.90. The average molecular weight is 293 g/mol. The van der Waals surface area contributed by atoms with Crippen LogP contribution in [0.15, 0.2) is 18.2 Å². The summed E-state index contributed by atoms with van der Waals surface area (Å²) in [6.45, 7) is 6.54. The molecule has 0 spiro atoms. The summed E-state index contributed by atoms with van der Waals surface area (Å²) in [6.07, 6.45) is 0.782. The summed E-state index contributed by atoms with van der Waals surface area (Å²) in [5, 5.41) is 12.7. The number of phenols is 1. The fourth-order valence-electron chi connectivity index (χ4n) is 2.43. The number of rotatable bonds is 3. The van der Waals surface area contributed by atoms with Gasteiger partial charge >= 0.3 is 6.09 Å². The Morgan fingerprint density at radius 2 is 2.24 bits per heavy atom. The number of aromatic hydroxyl groups is 1. The van der Waals surface area contributed by atoms with Crippen LogP contribution in [0.1, 0.15) is 44.4 Å². The summed E-state index contributed by atoms with van der Waals surface area (Å²) < 4.78 is 10.9. The van der Waals surface area contributed by atoms with E-state index in [1.165, 1.54) is 0 Å². The van der Waals surface area contributed by atoms with Crippen LogP contribution in [0.2, 0.25) is 0 Å². The molecule has 1 unspecified atom stereocenters. The van der Waals surface area contributed by atoms with Crippen LogP contribution in [-0.4, -0.2) is 30.0 Å². The topological polar surface area (TPSA) is 67.8 Å². The number of phenolic OH excluding ortho intramolecular Hbond substituents is 1. The summed E-state index contributed by atoms with van der Waals surface area (Å²) in [4.78, 5) is 11.6. The van der Waals surface area contributed by atoms with Crippen molar-refractivity contribution in [1.29, 1.82) is 0 Å². The molecule has 1 aromatic carbocycles. The Kier molecular flexibility index (Phi) is 4.73. The van der Waals surface area contributed by atoms with Crippen molar-refractivity contribution in [3.05, 3.63) is 29.3 Å². The summed E-state index contributed by atoms with van der Waals surface area (Å²) in [7, 11) is 0. The smallest absolute Gasteiger partial charge is 0.407 e. The molecule has 2 N–H and O–H groups in total. The summed E-state index contributed by atoms with van der Waals surface area (Å²) in [5.41, 5.74) is 1.45. The molecule has 1 aliphatic rings. The molecule has 21 heavy (non-hydrogen) atoms. The van der Waals surface area contributed by atoms with E-state index in [0.717, 1.165) is 17.5 Å². The van der Waals surface area contributed by atoms with Crippen LogP contribution < -0.4 is 5.32 Å². The maximum atomic E-state index is 11.6. The Hall–Kier alpha value is -1.75. The van der Waals surface area contributed by atoms with E-state index in [2.05, 4.69) is 5.32 Å². The van der Waals surface area contributed by atoms with Gasteiger partial charge in [-0.15, -0.1) is 0 Å². The largest absolute Gasteiger partial charge is 0.508 e. The SMILES string of the molecule is CC(C)(C)OC(=O)NCCC1OCCc2cccc(O)c21. The molecule has 1 aliphatic heterocycles. The van der Waals surface area contributed by atoms with Crippen LogP contribution in [0.25, 0.3) is 0 Å². The second-order valence-corrected chi connectivity index (χ2v) is 6.18. The molecule has 2 rings (SSSR count). The normalized spacial score (nSPS) is 18.0. The first-order valence-electron chi connectivity index (χ1n) is 7.26. The van der Waals surface area contributed by atoms with Crippen molar-refractivity contribution in [2.45, 2.75) is 45.3 Å². The van der Waals surface area contributed by atoms with Crippen molar-refractivity contribution in [1.82, 2.24) is 5.32 Å². The molecule has 0 aliphatic carbocycles. The molecule has 5 nitrogen and oxygen atoms in total. The first-order valence-corrected chi connectivity index (χ1v) is 7.26. The predicted octanol–water partition coefficient (Wildman–Crippen LogP) is 2.92.